The van der Waals surface area contributed by atoms with Gasteiger partial charge in [0, 0.05) is 0 Å². The minimum atomic E-state index is -2.87. The minimum absolute atomic E-state index is 0.0859. The van der Waals surface area contributed by atoms with E-state index < -0.39 is 18.0 Å². The Morgan fingerprint density at radius 1 is 1.67 bits per heavy atom. The monoisotopic (exact) mass is 280 g/mol. The summed E-state index contributed by atoms with van der Waals surface area (Å²) in [6.07, 6.45) is -1.77. The highest BCUT2D eigenvalue weighted by Gasteiger charge is 2.23. The van der Waals surface area contributed by atoms with Gasteiger partial charge >= 0.3 is 0 Å². The van der Waals surface area contributed by atoms with Crippen LogP contribution in [-0.2, 0) is 0 Å². The Bertz CT molecular complexity index is 398. The van der Waals surface area contributed by atoms with E-state index in [2.05, 4.69) is 20.9 Å². The van der Waals surface area contributed by atoms with Gasteiger partial charge in [0.25, 0.3) is 12.3 Å². The Kier molecular flexibility index (Phi) is 3.57. The van der Waals surface area contributed by atoms with Gasteiger partial charge in [-0.3, -0.25) is 9.78 Å². The van der Waals surface area contributed by atoms with Gasteiger partial charge in [0.15, 0.2) is 5.75 Å². The lowest BCUT2D eigenvalue weighted by atomic mass is 10.2. The number of carbonyl (C=O) groups excluding carboxylic acids is 1. The van der Waals surface area contributed by atoms with Crippen molar-refractivity contribution < 1.29 is 18.3 Å². The van der Waals surface area contributed by atoms with Crippen LogP contribution in [-0.4, -0.2) is 18.0 Å². The normalized spacial score (nSPS) is 10.5. The zero-order chi connectivity index (χ0) is 11.6. The van der Waals surface area contributed by atoms with Crippen LogP contribution in [0.15, 0.2) is 10.7 Å². The fourth-order valence-electron chi connectivity index (χ4n) is 1.03. The molecule has 0 radical (unpaired) electrons. The molecular formula is C8H7BrF2N2O2. The summed E-state index contributed by atoms with van der Waals surface area (Å²) in [4.78, 5) is 14.4. The summed E-state index contributed by atoms with van der Waals surface area (Å²) in [7, 11) is 1.33. The lowest BCUT2D eigenvalue weighted by Gasteiger charge is -2.10. The van der Waals surface area contributed by atoms with Crippen LogP contribution in [0.3, 0.4) is 0 Å². The number of nitrogens with two attached hydrogens (primary N) is 1. The van der Waals surface area contributed by atoms with Crippen LogP contribution in [0.4, 0.5) is 8.78 Å². The average Bonchev–Trinajstić information content (AvgIpc) is 2.16. The van der Waals surface area contributed by atoms with Crippen molar-refractivity contribution in [1.82, 2.24) is 4.98 Å². The average molecular weight is 281 g/mol. The summed E-state index contributed by atoms with van der Waals surface area (Å²) in [5.41, 5.74) is 3.96. The third-order valence-corrected chi connectivity index (χ3v) is 2.47. The first-order valence-electron chi connectivity index (χ1n) is 3.79. The van der Waals surface area contributed by atoms with Crippen LogP contribution in [0.2, 0.25) is 0 Å². The van der Waals surface area contributed by atoms with Crippen molar-refractivity contribution in [2.24, 2.45) is 5.73 Å². The molecule has 1 aromatic heterocycles. The van der Waals surface area contributed by atoms with Gasteiger partial charge in [-0.05, 0) is 15.9 Å². The topological polar surface area (TPSA) is 65.2 Å². The number of primary amides is 1. The molecule has 15 heavy (non-hydrogen) atoms. The minimum Gasteiger partial charge on any atom is -0.494 e. The summed E-state index contributed by atoms with van der Waals surface area (Å²) >= 11 is 2.96. The molecule has 0 aliphatic heterocycles. The number of alkyl halides is 2. The van der Waals surface area contributed by atoms with E-state index in [-0.39, 0.29) is 15.8 Å². The van der Waals surface area contributed by atoms with E-state index in [1.54, 1.807) is 0 Å². The molecule has 0 unspecified atom stereocenters. The Morgan fingerprint density at radius 3 is 2.67 bits per heavy atom. The molecule has 0 saturated carbocycles. The Labute approximate surface area is 92.6 Å². The molecule has 0 aromatic carbocycles. The van der Waals surface area contributed by atoms with Gasteiger partial charge in [-0.15, -0.1) is 0 Å². The van der Waals surface area contributed by atoms with Gasteiger partial charge in [0.05, 0.1) is 23.3 Å². The number of amides is 1. The summed E-state index contributed by atoms with van der Waals surface area (Å²) in [5, 5.41) is 0. The van der Waals surface area contributed by atoms with Gasteiger partial charge < -0.3 is 10.5 Å². The highest BCUT2D eigenvalue weighted by atomic mass is 79.9. The van der Waals surface area contributed by atoms with Crippen LogP contribution in [0, 0.1) is 0 Å². The highest BCUT2D eigenvalue weighted by Crippen LogP contribution is 2.33. The molecule has 0 fully saturated rings. The Morgan fingerprint density at radius 2 is 2.27 bits per heavy atom. The van der Waals surface area contributed by atoms with E-state index in [4.69, 9.17) is 10.5 Å². The van der Waals surface area contributed by atoms with E-state index in [0.717, 1.165) is 6.20 Å². The van der Waals surface area contributed by atoms with Gasteiger partial charge in [0.1, 0.15) is 5.69 Å². The number of aromatic nitrogens is 1. The van der Waals surface area contributed by atoms with Crippen LogP contribution >= 0.6 is 15.9 Å². The van der Waals surface area contributed by atoms with Crippen LogP contribution in [0.5, 0.6) is 5.75 Å². The molecule has 4 nitrogen and oxygen atoms in total. The first kappa shape index (κ1) is 11.8. The summed E-state index contributed by atoms with van der Waals surface area (Å²) < 4.78 is 29.8. The van der Waals surface area contributed by atoms with Crippen LogP contribution in [0.25, 0.3) is 0 Å². The van der Waals surface area contributed by atoms with Crippen molar-refractivity contribution in [3.05, 3.63) is 21.9 Å². The summed E-state index contributed by atoms with van der Waals surface area (Å²) in [6.45, 7) is 0. The molecule has 1 rings (SSSR count). The molecule has 0 bridgehead atoms. The van der Waals surface area contributed by atoms with Crippen molar-refractivity contribution in [2.75, 3.05) is 7.11 Å². The van der Waals surface area contributed by atoms with Crippen molar-refractivity contribution in [3.8, 4) is 5.75 Å². The molecule has 0 aliphatic carbocycles. The standard InChI is InChI=1S/C8H7BrF2N2O2/c1-15-3-2-13-6(7(10)11)4(5(3)9)8(12)14/h2,7H,1H3,(H2,12,14). The number of rotatable bonds is 3. The predicted octanol–water partition coefficient (Wildman–Crippen LogP) is 1.89. The molecule has 1 amide bonds. The maximum Gasteiger partial charge on any atom is 0.281 e. The number of carbonyl (C=O) groups is 1. The Hall–Kier alpha value is -1.24. The van der Waals surface area contributed by atoms with Crippen molar-refractivity contribution in [3.63, 3.8) is 0 Å². The molecule has 7 heteroatoms. The number of pyridine rings is 1. The second-order valence-electron chi connectivity index (χ2n) is 2.57. The zero-order valence-electron chi connectivity index (χ0n) is 7.63. The molecule has 82 valence electrons. The van der Waals surface area contributed by atoms with Gasteiger partial charge in [-0.2, -0.15) is 0 Å². The lowest BCUT2D eigenvalue weighted by Crippen LogP contribution is -2.16. The van der Waals surface area contributed by atoms with E-state index in [9.17, 15) is 13.6 Å². The fraction of sp³-hybridized carbons (Fsp3) is 0.250. The molecular weight excluding hydrogens is 274 g/mol. The van der Waals surface area contributed by atoms with E-state index >= 15 is 0 Å². The van der Waals surface area contributed by atoms with Crippen LogP contribution < -0.4 is 10.5 Å². The predicted molar refractivity (Wildman–Crippen MR) is 52.0 cm³/mol. The quantitative estimate of drug-likeness (QED) is 0.920. The third-order valence-electron chi connectivity index (χ3n) is 1.69. The number of hydrogen-bond acceptors (Lipinski definition) is 3. The van der Waals surface area contributed by atoms with E-state index in [1.807, 2.05) is 0 Å². The van der Waals surface area contributed by atoms with E-state index in [0.29, 0.717) is 0 Å². The van der Waals surface area contributed by atoms with Crippen molar-refractivity contribution in [1.29, 1.82) is 0 Å². The number of ether oxygens (including phenoxy) is 1. The van der Waals surface area contributed by atoms with Gasteiger partial charge in [0.2, 0.25) is 0 Å². The smallest absolute Gasteiger partial charge is 0.281 e. The highest BCUT2D eigenvalue weighted by molar-refractivity contribution is 9.10. The first-order valence-corrected chi connectivity index (χ1v) is 4.58. The molecule has 0 aliphatic rings. The molecule has 0 saturated heterocycles. The van der Waals surface area contributed by atoms with Crippen LogP contribution in [0.1, 0.15) is 22.5 Å². The summed E-state index contributed by atoms with van der Waals surface area (Å²) in [6, 6.07) is 0. The lowest BCUT2D eigenvalue weighted by molar-refractivity contribution is 0.0981. The third kappa shape index (κ3) is 2.23. The van der Waals surface area contributed by atoms with E-state index in [1.165, 1.54) is 7.11 Å². The van der Waals surface area contributed by atoms with Crippen molar-refractivity contribution >= 4 is 21.8 Å². The second kappa shape index (κ2) is 4.52. The number of halogens is 3. The first-order chi connectivity index (χ1) is 6.99. The number of nitrogens with zero attached hydrogens (tertiary/aromatic N) is 1. The SMILES string of the molecule is COc1cnc(C(F)F)c(C(N)=O)c1Br. The van der Waals surface area contributed by atoms with Gasteiger partial charge in [-0.25, -0.2) is 8.78 Å². The molecule has 1 heterocycles. The fourth-order valence-corrected chi connectivity index (χ4v) is 1.69. The summed E-state index contributed by atoms with van der Waals surface area (Å²) in [5.74, 6) is -0.809. The maximum absolute atomic E-state index is 12.5. The number of methoxy groups -OCH3 is 1. The maximum atomic E-state index is 12.5. The largest absolute Gasteiger partial charge is 0.494 e. The zero-order valence-corrected chi connectivity index (χ0v) is 9.22. The number of hydrogen-bond donors (Lipinski definition) is 1. The molecule has 0 atom stereocenters. The molecule has 0 spiro atoms. The molecule has 1 aromatic rings. The molecule has 2 N–H and O–H groups in total. The Balaban J connectivity index is 3.44. The second-order valence-corrected chi connectivity index (χ2v) is 3.36. The van der Waals surface area contributed by atoms with Crippen molar-refractivity contribution in [2.45, 2.75) is 6.43 Å². The van der Waals surface area contributed by atoms with Gasteiger partial charge in [-0.1, -0.05) is 0 Å².